The lowest BCUT2D eigenvalue weighted by Crippen LogP contribution is -2.56. The molecule has 204 valence electrons. The zero-order valence-electron chi connectivity index (χ0n) is 21.4. The fraction of sp³-hybridized carbons (Fsp3) is 0.250. The number of guanidine groups is 1. The van der Waals surface area contributed by atoms with E-state index in [9.17, 15) is 9.59 Å². The molecule has 0 saturated carbocycles. The fourth-order valence-electron chi connectivity index (χ4n) is 3.97. The van der Waals surface area contributed by atoms with Gasteiger partial charge in [-0.2, -0.15) is 0 Å². The summed E-state index contributed by atoms with van der Waals surface area (Å²) < 4.78 is 11.1. The molecule has 1 amide bonds. The van der Waals surface area contributed by atoms with Crippen LogP contribution in [0.4, 0.5) is 0 Å². The van der Waals surface area contributed by atoms with Crippen LogP contribution in [0.5, 0.6) is 0 Å². The lowest BCUT2D eigenvalue weighted by Gasteiger charge is -2.24. The molecule has 0 fully saturated rings. The van der Waals surface area contributed by atoms with Gasteiger partial charge in [-0.3, -0.25) is 25.6 Å². The van der Waals surface area contributed by atoms with Crippen molar-refractivity contribution in [2.45, 2.75) is 32.0 Å². The molecule has 0 aromatic heterocycles. The first-order valence-corrected chi connectivity index (χ1v) is 12.9. The van der Waals surface area contributed by atoms with E-state index < -0.39 is 18.1 Å². The lowest BCUT2D eigenvalue weighted by molar-refractivity contribution is -0.148. The second-order valence-corrected chi connectivity index (χ2v) is 9.18. The number of halogens is 1. The van der Waals surface area contributed by atoms with E-state index in [0.717, 1.165) is 22.3 Å². The molecule has 3 aromatic rings. The number of esters is 1. The molecule has 3 aromatic carbocycles. The van der Waals surface area contributed by atoms with Gasteiger partial charge in [-0.05, 0) is 47.7 Å². The molecule has 0 saturated heterocycles. The molecule has 2 atom stereocenters. The van der Waals surface area contributed by atoms with Crippen molar-refractivity contribution in [2.24, 2.45) is 5.10 Å². The van der Waals surface area contributed by atoms with E-state index in [4.69, 9.17) is 21.1 Å². The van der Waals surface area contributed by atoms with Crippen LogP contribution in [0.2, 0.25) is 5.02 Å². The molecule has 0 unspecified atom stereocenters. The quantitative estimate of drug-likeness (QED) is 0.218. The number of rotatable bonds is 12. The Kier molecular flexibility index (Phi) is 10.3. The molecular weight excluding hydrogens is 520 g/mol. The molecule has 0 spiro atoms. The third-order valence-corrected chi connectivity index (χ3v) is 6.12. The van der Waals surface area contributed by atoms with Crippen LogP contribution in [0, 0.1) is 0 Å². The Balaban J connectivity index is 1.49. The van der Waals surface area contributed by atoms with Crippen molar-refractivity contribution in [1.82, 2.24) is 27.1 Å². The first-order valence-electron chi connectivity index (χ1n) is 12.6. The van der Waals surface area contributed by atoms with Crippen molar-refractivity contribution in [1.29, 1.82) is 0 Å². The molecule has 0 aliphatic carbocycles. The monoisotopic (exact) mass is 550 g/mol. The van der Waals surface area contributed by atoms with Crippen molar-refractivity contribution in [3.63, 3.8) is 0 Å². The van der Waals surface area contributed by atoms with E-state index >= 15 is 0 Å². The van der Waals surface area contributed by atoms with Gasteiger partial charge in [0, 0.05) is 5.02 Å². The minimum atomic E-state index is -0.870. The van der Waals surface area contributed by atoms with Gasteiger partial charge in [-0.15, -0.1) is 10.6 Å². The summed E-state index contributed by atoms with van der Waals surface area (Å²) in [7, 11) is 0. The second-order valence-electron chi connectivity index (χ2n) is 8.75. The predicted octanol–water partition coefficient (Wildman–Crippen LogP) is 2.66. The number of hydrogen-bond donors (Lipinski definition) is 5. The Labute approximate surface area is 232 Å². The zero-order chi connectivity index (χ0) is 27.5. The van der Waals surface area contributed by atoms with Crippen LogP contribution in [0.1, 0.15) is 18.1 Å². The van der Waals surface area contributed by atoms with Gasteiger partial charge in [-0.25, -0.2) is 5.53 Å². The van der Waals surface area contributed by atoms with Crippen molar-refractivity contribution in [3.8, 4) is 11.1 Å². The SMILES string of the molecule is CCOC(=O)[C@H](COCc1ccccc1)N[C@@H](Cc1ccc(-c2cccc(Cl)c2)cc1)C(=O)NC1=NNNN1. The highest BCUT2D eigenvalue weighted by Crippen LogP contribution is 2.23. The van der Waals surface area contributed by atoms with Gasteiger partial charge in [0.2, 0.25) is 11.9 Å². The van der Waals surface area contributed by atoms with Crippen molar-refractivity contribution in [3.05, 3.63) is 95.0 Å². The molecule has 1 heterocycles. The number of carbonyl (C=O) groups is 2. The summed E-state index contributed by atoms with van der Waals surface area (Å²) in [6.07, 6.45) is 0.296. The van der Waals surface area contributed by atoms with Gasteiger partial charge in [0.25, 0.3) is 0 Å². The Morgan fingerprint density at radius 1 is 0.949 bits per heavy atom. The van der Waals surface area contributed by atoms with Gasteiger partial charge in [0.15, 0.2) is 0 Å². The van der Waals surface area contributed by atoms with Gasteiger partial charge in [0.1, 0.15) is 6.04 Å². The molecule has 5 N–H and O–H groups in total. The molecular formula is C28H31ClN6O4. The minimum Gasteiger partial charge on any atom is -0.465 e. The number of ether oxygens (including phenoxy) is 2. The third kappa shape index (κ3) is 8.52. The van der Waals surface area contributed by atoms with Gasteiger partial charge < -0.3 is 9.47 Å². The largest absolute Gasteiger partial charge is 0.465 e. The number of nitrogens with zero attached hydrogens (tertiary/aromatic N) is 1. The number of amides is 1. The number of hydrazine groups is 2. The second kappa shape index (κ2) is 14.3. The Morgan fingerprint density at radius 3 is 2.44 bits per heavy atom. The minimum absolute atomic E-state index is 0.0213. The summed E-state index contributed by atoms with van der Waals surface area (Å²) >= 11 is 6.14. The summed E-state index contributed by atoms with van der Waals surface area (Å²) in [6, 6.07) is 23.4. The molecule has 4 rings (SSSR count). The van der Waals surface area contributed by atoms with Crippen LogP contribution in [-0.2, 0) is 32.1 Å². The molecule has 11 heteroatoms. The van der Waals surface area contributed by atoms with Crippen LogP contribution in [0.15, 0.2) is 84.0 Å². The van der Waals surface area contributed by atoms with Crippen molar-refractivity contribution in [2.75, 3.05) is 13.2 Å². The topological polar surface area (TPSA) is 125 Å². The molecule has 1 aliphatic heterocycles. The fourth-order valence-corrected chi connectivity index (χ4v) is 4.16. The number of hydrogen-bond acceptors (Lipinski definition) is 9. The van der Waals surface area contributed by atoms with E-state index in [1.807, 2.05) is 78.9 Å². The van der Waals surface area contributed by atoms with E-state index in [1.54, 1.807) is 6.92 Å². The molecule has 0 bridgehead atoms. The van der Waals surface area contributed by atoms with Crippen molar-refractivity contribution >= 4 is 29.4 Å². The third-order valence-electron chi connectivity index (χ3n) is 5.88. The first kappa shape index (κ1) is 28.1. The molecule has 1 aliphatic rings. The van der Waals surface area contributed by atoms with Gasteiger partial charge >= 0.3 is 5.97 Å². The molecule has 0 radical (unpaired) electrons. The van der Waals surface area contributed by atoms with Gasteiger partial charge in [-0.1, -0.05) is 78.3 Å². The normalized spacial score (nSPS) is 13.9. The van der Waals surface area contributed by atoms with E-state index in [-0.39, 0.29) is 25.1 Å². The van der Waals surface area contributed by atoms with Crippen molar-refractivity contribution < 1.29 is 19.1 Å². The van der Waals surface area contributed by atoms with Crippen LogP contribution < -0.4 is 27.1 Å². The molecule has 39 heavy (non-hydrogen) atoms. The Hall–Kier alpha value is -3.96. The summed E-state index contributed by atoms with van der Waals surface area (Å²) in [4.78, 5) is 26.1. The maximum atomic E-state index is 13.3. The van der Waals surface area contributed by atoms with Gasteiger partial charge in [0.05, 0.1) is 25.9 Å². The molecule has 10 nitrogen and oxygen atoms in total. The highest BCUT2D eigenvalue weighted by atomic mass is 35.5. The Bertz CT molecular complexity index is 1270. The van der Waals surface area contributed by atoms with Crippen LogP contribution in [0.3, 0.4) is 0 Å². The number of nitrogens with one attached hydrogen (secondary N) is 5. The number of hydrazone groups is 1. The Morgan fingerprint density at radius 2 is 1.74 bits per heavy atom. The predicted molar refractivity (Wildman–Crippen MR) is 149 cm³/mol. The van der Waals surface area contributed by atoms with Crippen LogP contribution in [0.25, 0.3) is 11.1 Å². The maximum absolute atomic E-state index is 13.3. The summed E-state index contributed by atoms with van der Waals surface area (Å²) in [5.41, 5.74) is 11.6. The van der Waals surface area contributed by atoms with E-state index in [0.29, 0.717) is 18.1 Å². The average molecular weight is 551 g/mol. The standard InChI is InChI=1S/C28H31ClN6O4/c1-2-39-27(37)25(18-38-17-20-7-4-3-5-8-20)30-24(26(36)31-28-32-34-35-33-28)15-19-11-13-21(14-12-19)22-9-6-10-23(29)16-22/h3-14,16,24-25,30,34-35H,2,15,17-18H2,1H3,(H2,31,32,33,36)/t24-,25-/m0/s1. The van der Waals surface area contributed by atoms with Crippen LogP contribution >= 0.6 is 11.6 Å². The first-order chi connectivity index (χ1) is 19.0. The van der Waals surface area contributed by atoms with E-state index in [2.05, 4.69) is 32.2 Å². The summed E-state index contributed by atoms with van der Waals surface area (Å²) in [5.74, 6) is -0.682. The highest BCUT2D eigenvalue weighted by molar-refractivity contribution is 6.30. The lowest BCUT2D eigenvalue weighted by atomic mass is 10.00. The number of carbonyl (C=O) groups excluding carboxylic acids is 2. The summed E-state index contributed by atoms with van der Waals surface area (Å²) in [6.45, 7) is 2.27. The average Bonchev–Trinajstić information content (AvgIpc) is 3.46. The van der Waals surface area contributed by atoms with E-state index in [1.165, 1.54) is 0 Å². The van der Waals surface area contributed by atoms with Crippen LogP contribution in [-0.4, -0.2) is 43.1 Å². The number of benzene rings is 3. The smallest absolute Gasteiger partial charge is 0.325 e. The highest BCUT2D eigenvalue weighted by Gasteiger charge is 2.29. The zero-order valence-corrected chi connectivity index (χ0v) is 22.2. The maximum Gasteiger partial charge on any atom is 0.325 e. The summed E-state index contributed by atoms with van der Waals surface area (Å²) in [5, 5.41) is 10.4.